The number of benzene rings is 2. The third-order valence-corrected chi connectivity index (χ3v) is 5.08. The number of nitrogens with one attached hydrogen (secondary N) is 1. The third kappa shape index (κ3) is 3.67. The van der Waals surface area contributed by atoms with Gasteiger partial charge in [0.1, 0.15) is 5.52 Å². The largest absolute Gasteiger partial charge is 0.325 e. The zero-order valence-electron chi connectivity index (χ0n) is 14.4. The van der Waals surface area contributed by atoms with Crippen molar-refractivity contribution >= 4 is 39.9 Å². The molecule has 0 spiro atoms. The van der Waals surface area contributed by atoms with Crippen molar-refractivity contribution in [1.29, 1.82) is 0 Å². The maximum absolute atomic E-state index is 12.3. The number of pyridine rings is 1. The van der Waals surface area contributed by atoms with Crippen LogP contribution in [0, 0.1) is 24.0 Å². The zero-order chi connectivity index (χ0) is 18.7. The van der Waals surface area contributed by atoms with Crippen LogP contribution in [-0.4, -0.2) is 21.6 Å². The number of nitro groups is 1. The van der Waals surface area contributed by atoms with Crippen LogP contribution in [0.3, 0.4) is 0 Å². The Morgan fingerprint density at radius 1 is 1.15 bits per heavy atom. The monoisotopic (exact) mass is 367 g/mol. The van der Waals surface area contributed by atoms with Crippen LogP contribution >= 0.6 is 11.8 Å². The smallest absolute Gasteiger partial charge is 0.295 e. The van der Waals surface area contributed by atoms with Crippen molar-refractivity contribution < 1.29 is 9.72 Å². The first-order chi connectivity index (χ1) is 12.5. The first kappa shape index (κ1) is 17.9. The summed E-state index contributed by atoms with van der Waals surface area (Å²) in [6.45, 7) is 3.90. The molecular formula is C19H17N3O3S. The number of aryl methyl sites for hydroxylation is 2. The average molecular weight is 367 g/mol. The Hall–Kier alpha value is -2.93. The summed E-state index contributed by atoms with van der Waals surface area (Å²) in [6.07, 6.45) is 1.53. The molecule has 132 valence electrons. The van der Waals surface area contributed by atoms with E-state index in [4.69, 9.17) is 0 Å². The van der Waals surface area contributed by atoms with Gasteiger partial charge in [-0.25, -0.2) is 4.98 Å². The predicted octanol–water partition coefficient (Wildman–Crippen LogP) is 4.49. The summed E-state index contributed by atoms with van der Waals surface area (Å²) in [6, 6.07) is 12.5. The maximum atomic E-state index is 12.3. The van der Waals surface area contributed by atoms with E-state index in [1.54, 1.807) is 18.2 Å². The summed E-state index contributed by atoms with van der Waals surface area (Å²) in [5.74, 6) is 0.0815. The summed E-state index contributed by atoms with van der Waals surface area (Å²) >= 11 is 1.33. The van der Waals surface area contributed by atoms with E-state index in [-0.39, 0.29) is 17.3 Å². The molecule has 3 rings (SSSR count). The minimum absolute atomic E-state index is 0.0371. The lowest BCUT2D eigenvalue weighted by molar-refractivity contribution is -0.383. The number of rotatable bonds is 5. The van der Waals surface area contributed by atoms with Crippen molar-refractivity contribution in [2.75, 3.05) is 11.1 Å². The lowest BCUT2D eigenvalue weighted by atomic mass is 10.1. The molecule has 0 bridgehead atoms. The van der Waals surface area contributed by atoms with Gasteiger partial charge in [0, 0.05) is 28.2 Å². The van der Waals surface area contributed by atoms with E-state index in [2.05, 4.69) is 10.3 Å². The molecule has 0 saturated carbocycles. The molecule has 0 aliphatic heterocycles. The second kappa shape index (κ2) is 7.53. The molecule has 0 aliphatic rings. The Morgan fingerprint density at radius 2 is 1.88 bits per heavy atom. The average Bonchev–Trinajstić information content (AvgIpc) is 2.62. The van der Waals surface area contributed by atoms with Crippen LogP contribution in [0.1, 0.15) is 11.1 Å². The summed E-state index contributed by atoms with van der Waals surface area (Å²) < 4.78 is 0. The molecule has 0 atom stereocenters. The number of amides is 1. The van der Waals surface area contributed by atoms with Gasteiger partial charge < -0.3 is 5.32 Å². The number of carbonyl (C=O) groups is 1. The molecule has 26 heavy (non-hydrogen) atoms. The molecular weight excluding hydrogens is 350 g/mol. The van der Waals surface area contributed by atoms with Crippen molar-refractivity contribution in [3.8, 4) is 0 Å². The highest BCUT2D eigenvalue weighted by molar-refractivity contribution is 8.00. The lowest BCUT2D eigenvalue weighted by Crippen LogP contribution is -2.15. The molecule has 7 heteroatoms. The predicted molar refractivity (Wildman–Crippen MR) is 104 cm³/mol. The highest BCUT2D eigenvalue weighted by Gasteiger charge is 2.16. The maximum Gasteiger partial charge on any atom is 0.295 e. The molecule has 1 aromatic heterocycles. The van der Waals surface area contributed by atoms with Crippen molar-refractivity contribution in [2.45, 2.75) is 18.7 Å². The van der Waals surface area contributed by atoms with E-state index in [0.717, 1.165) is 21.7 Å². The Labute approximate surface area is 154 Å². The van der Waals surface area contributed by atoms with Gasteiger partial charge in [-0.05, 0) is 43.2 Å². The summed E-state index contributed by atoms with van der Waals surface area (Å²) in [7, 11) is 0. The van der Waals surface area contributed by atoms with E-state index in [9.17, 15) is 14.9 Å². The third-order valence-electron chi connectivity index (χ3n) is 4.01. The van der Waals surface area contributed by atoms with E-state index in [1.165, 1.54) is 24.0 Å². The Balaban J connectivity index is 1.79. The van der Waals surface area contributed by atoms with E-state index in [1.807, 2.05) is 32.0 Å². The number of anilines is 1. The molecule has 0 aliphatic carbocycles. The number of fused-ring (bicyclic) bond motifs is 1. The molecule has 0 radical (unpaired) electrons. The fourth-order valence-corrected chi connectivity index (χ4v) is 3.58. The summed E-state index contributed by atoms with van der Waals surface area (Å²) in [5, 5.41) is 14.8. The van der Waals surface area contributed by atoms with Gasteiger partial charge in [-0.1, -0.05) is 18.2 Å². The molecule has 6 nitrogen and oxygen atoms in total. The number of hydrogen-bond donors (Lipinski definition) is 1. The Kier molecular flexibility index (Phi) is 5.18. The summed E-state index contributed by atoms with van der Waals surface area (Å²) in [5.41, 5.74) is 3.14. The Morgan fingerprint density at radius 3 is 2.58 bits per heavy atom. The van der Waals surface area contributed by atoms with Crippen molar-refractivity contribution in [1.82, 2.24) is 4.98 Å². The molecule has 0 fully saturated rings. The molecule has 1 N–H and O–H groups in total. The fourth-order valence-electron chi connectivity index (χ4n) is 2.74. The van der Waals surface area contributed by atoms with E-state index in [0.29, 0.717) is 10.9 Å². The SMILES string of the molecule is Cc1cccc(C)c1NC(=O)CSc1ccc([N+](=O)[O-])c2ncccc12. The fraction of sp³-hybridized carbons (Fsp3) is 0.158. The van der Waals surface area contributed by atoms with E-state index < -0.39 is 4.92 Å². The number of para-hydroxylation sites is 1. The first-order valence-corrected chi connectivity index (χ1v) is 8.97. The normalized spacial score (nSPS) is 10.7. The molecule has 0 saturated heterocycles. The number of aromatic nitrogens is 1. The number of nitrogens with zero attached hydrogens (tertiary/aromatic N) is 2. The quantitative estimate of drug-likeness (QED) is 0.408. The number of thioether (sulfide) groups is 1. The van der Waals surface area contributed by atoms with Gasteiger partial charge in [0.05, 0.1) is 10.7 Å². The van der Waals surface area contributed by atoms with Crippen LogP contribution in [0.5, 0.6) is 0 Å². The van der Waals surface area contributed by atoms with Gasteiger partial charge in [-0.3, -0.25) is 14.9 Å². The second-order valence-corrected chi connectivity index (χ2v) is 6.86. The van der Waals surface area contributed by atoms with Gasteiger partial charge in [0.25, 0.3) is 5.69 Å². The zero-order valence-corrected chi connectivity index (χ0v) is 15.2. The number of carbonyl (C=O) groups excluding carboxylic acids is 1. The van der Waals surface area contributed by atoms with Crippen LogP contribution in [0.25, 0.3) is 10.9 Å². The molecule has 2 aromatic carbocycles. The van der Waals surface area contributed by atoms with Gasteiger partial charge in [-0.15, -0.1) is 11.8 Å². The molecule has 1 heterocycles. The van der Waals surface area contributed by atoms with Gasteiger partial charge in [0.15, 0.2) is 0 Å². The van der Waals surface area contributed by atoms with Crippen LogP contribution in [-0.2, 0) is 4.79 Å². The number of hydrogen-bond acceptors (Lipinski definition) is 5. The van der Waals surface area contributed by atoms with Gasteiger partial charge in [0.2, 0.25) is 5.91 Å². The topological polar surface area (TPSA) is 85.1 Å². The van der Waals surface area contributed by atoms with Crippen LogP contribution in [0.2, 0.25) is 0 Å². The standard InChI is InChI=1S/C19H17N3O3S/c1-12-5-3-6-13(2)18(12)21-17(23)11-26-16-9-8-15(22(24)25)19-14(16)7-4-10-20-19/h3-10H,11H2,1-2H3,(H,21,23). The second-order valence-electron chi connectivity index (χ2n) is 5.84. The van der Waals surface area contributed by atoms with E-state index >= 15 is 0 Å². The highest BCUT2D eigenvalue weighted by atomic mass is 32.2. The molecule has 0 unspecified atom stereocenters. The minimum atomic E-state index is -0.447. The van der Waals surface area contributed by atoms with Crippen LogP contribution < -0.4 is 5.32 Å². The minimum Gasteiger partial charge on any atom is -0.325 e. The molecule has 1 amide bonds. The van der Waals surface area contributed by atoms with Crippen LogP contribution in [0.15, 0.2) is 53.6 Å². The van der Waals surface area contributed by atoms with Gasteiger partial charge >= 0.3 is 0 Å². The highest BCUT2D eigenvalue weighted by Crippen LogP contribution is 2.32. The van der Waals surface area contributed by atoms with Gasteiger partial charge in [-0.2, -0.15) is 0 Å². The summed E-state index contributed by atoms with van der Waals surface area (Å²) in [4.78, 5) is 28.0. The Bertz CT molecular complexity index is 984. The van der Waals surface area contributed by atoms with Crippen LogP contribution in [0.4, 0.5) is 11.4 Å². The lowest BCUT2D eigenvalue weighted by Gasteiger charge is -2.11. The van der Waals surface area contributed by atoms with Crippen molar-refractivity contribution in [3.05, 3.63) is 69.9 Å². The first-order valence-electron chi connectivity index (χ1n) is 7.98. The van der Waals surface area contributed by atoms with Crippen molar-refractivity contribution in [2.24, 2.45) is 0 Å². The van der Waals surface area contributed by atoms with Crippen molar-refractivity contribution in [3.63, 3.8) is 0 Å². The number of nitro benzene ring substituents is 1. The molecule has 3 aromatic rings. The number of non-ortho nitro benzene ring substituents is 1.